The summed E-state index contributed by atoms with van der Waals surface area (Å²) >= 11 is 6.24. The Kier molecular flexibility index (Phi) is 6.10. The maximum atomic E-state index is 12.4. The summed E-state index contributed by atoms with van der Waals surface area (Å²) in [4.78, 5) is 36.4. The number of aromatic carboxylic acids is 1. The number of rotatable bonds is 6. The number of carbonyl (C=O) groups excluding carboxylic acids is 2. The van der Waals surface area contributed by atoms with Gasteiger partial charge in [0.05, 0.1) is 17.1 Å². The maximum absolute atomic E-state index is 12.4. The Bertz CT molecular complexity index is 712. The molecule has 8 heteroatoms. The highest BCUT2D eigenvalue weighted by Crippen LogP contribution is 2.32. The molecule has 126 valence electrons. The van der Waals surface area contributed by atoms with E-state index in [1.807, 2.05) is 6.92 Å². The Morgan fingerprint density at radius 3 is 2.58 bits per heavy atom. The number of thiocarbonyl (C=S) groups is 1. The molecule has 1 aromatic rings. The summed E-state index contributed by atoms with van der Waals surface area (Å²) in [5.74, 6) is -1.88. The second-order valence-electron chi connectivity index (χ2n) is 4.92. The molecule has 1 heterocycles. The van der Waals surface area contributed by atoms with E-state index in [4.69, 9.17) is 22.1 Å². The SMILES string of the molecule is CCCOC(=O)CN1C(=O)/C(=C/c2ccc(C(=O)O)cc2)SC1=S. The molecule has 1 amide bonds. The number of nitrogens with zero attached hydrogens (tertiary/aromatic N) is 1. The monoisotopic (exact) mass is 365 g/mol. The minimum atomic E-state index is -1.02. The number of carboxylic acids is 1. The van der Waals surface area contributed by atoms with Gasteiger partial charge in [0.1, 0.15) is 10.9 Å². The molecular weight excluding hydrogens is 350 g/mol. The first-order valence-electron chi connectivity index (χ1n) is 7.16. The van der Waals surface area contributed by atoms with Gasteiger partial charge in [-0.3, -0.25) is 14.5 Å². The molecule has 6 nitrogen and oxygen atoms in total. The quantitative estimate of drug-likeness (QED) is 0.471. The van der Waals surface area contributed by atoms with Crippen molar-refractivity contribution in [2.24, 2.45) is 0 Å². The number of carboxylic acid groups (broad SMARTS) is 1. The number of ether oxygens (including phenoxy) is 1. The van der Waals surface area contributed by atoms with Gasteiger partial charge in [-0.15, -0.1) is 0 Å². The average molecular weight is 365 g/mol. The molecule has 24 heavy (non-hydrogen) atoms. The maximum Gasteiger partial charge on any atom is 0.335 e. The third-order valence-electron chi connectivity index (χ3n) is 3.08. The number of hydrogen-bond acceptors (Lipinski definition) is 6. The van der Waals surface area contributed by atoms with E-state index in [2.05, 4.69) is 0 Å². The molecule has 0 atom stereocenters. The zero-order valence-electron chi connectivity index (χ0n) is 12.9. The summed E-state index contributed by atoms with van der Waals surface area (Å²) in [7, 11) is 0. The van der Waals surface area contributed by atoms with Crippen LogP contribution in [0.4, 0.5) is 0 Å². The standard InChI is InChI=1S/C16H15NO5S2/c1-2-7-22-13(18)9-17-14(19)12(24-16(17)23)8-10-3-5-11(6-4-10)15(20)21/h3-6,8H,2,7,9H2,1H3,(H,20,21)/b12-8-. The van der Waals surface area contributed by atoms with Crippen molar-refractivity contribution >= 4 is 52.2 Å². The lowest BCUT2D eigenvalue weighted by Gasteiger charge is -2.13. The predicted octanol–water partition coefficient (Wildman–Crippen LogP) is 2.54. The van der Waals surface area contributed by atoms with Crippen molar-refractivity contribution in [2.45, 2.75) is 13.3 Å². The van der Waals surface area contributed by atoms with Crippen LogP contribution < -0.4 is 0 Å². The van der Waals surface area contributed by atoms with Gasteiger partial charge < -0.3 is 9.84 Å². The Morgan fingerprint density at radius 1 is 1.33 bits per heavy atom. The summed E-state index contributed by atoms with van der Waals surface area (Å²) in [6, 6.07) is 6.12. The number of esters is 1. The molecule has 0 spiro atoms. The Hall–Kier alpha value is -2.19. The van der Waals surface area contributed by atoms with Crippen molar-refractivity contribution in [1.82, 2.24) is 4.90 Å². The first kappa shape index (κ1) is 18.2. The predicted molar refractivity (Wildman–Crippen MR) is 94.5 cm³/mol. The molecule has 1 N–H and O–H groups in total. The molecule has 0 aromatic heterocycles. The molecule has 1 aliphatic rings. The Labute approximate surface area is 148 Å². The second kappa shape index (κ2) is 8.07. The molecule has 2 rings (SSSR count). The summed E-state index contributed by atoms with van der Waals surface area (Å²) in [5, 5.41) is 8.88. The summed E-state index contributed by atoms with van der Waals surface area (Å²) in [6.45, 7) is 1.98. The third-order valence-corrected chi connectivity index (χ3v) is 4.46. The largest absolute Gasteiger partial charge is 0.478 e. The summed E-state index contributed by atoms with van der Waals surface area (Å²) in [5.41, 5.74) is 0.840. The molecule has 0 radical (unpaired) electrons. The van der Waals surface area contributed by atoms with Crippen molar-refractivity contribution in [1.29, 1.82) is 0 Å². The summed E-state index contributed by atoms with van der Waals surface area (Å²) < 4.78 is 5.26. The fourth-order valence-corrected chi connectivity index (χ4v) is 3.16. The van der Waals surface area contributed by atoms with E-state index in [9.17, 15) is 14.4 Å². The zero-order chi connectivity index (χ0) is 17.7. The highest BCUT2D eigenvalue weighted by Gasteiger charge is 2.33. The van der Waals surface area contributed by atoms with Crippen LogP contribution in [0.5, 0.6) is 0 Å². The molecule has 0 unspecified atom stereocenters. The minimum Gasteiger partial charge on any atom is -0.478 e. The van der Waals surface area contributed by atoms with Gasteiger partial charge in [-0.25, -0.2) is 4.79 Å². The van der Waals surface area contributed by atoms with Gasteiger partial charge in [-0.1, -0.05) is 43.0 Å². The summed E-state index contributed by atoms with van der Waals surface area (Å²) in [6.07, 6.45) is 2.32. The van der Waals surface area contributed by atoms with Gasteiger partial charge >= 0.3 is 11.9 Å². The molecule has 1 aromatic carbocycles. The fraction of sp³-hybridized carbons (Fsp3) is 0.250. The fourth-order valence-electron chi connectivity index (χ4n) is 1.90. The molecular formula is C16H15NO5S2. The van der Waals surface area contributed by atoms with Crippen LogP contribution in [-0.4, -0.2) is 45.3 Å². The van der Waals surface area contributed by atoms with E-state index in [1.54, 1.807) is 18.2 Å². The van der Waals surface area contributed by atoms with Crippen LogP contribution in [0, 0.1) is 0 Å². The van der Waals surface area contributed by atoms with Crippen molar-refractivity contribution in [2.75, 3.05) is 13.2 Å². The van der Waals surface area contributed by atoms with Crippen molar-refractivity contribution in [3.63, 3.8) is 0 Å². The second-order valence-corrected chi connectivity index (χ2v) is 6.59. The molecule has 0 saturated carbocycles. The van der Waals surface area contributed by atoms with Crippen molar-refractivity contribution in [3.8, 4) is 0 Å². The van der Waals surface area contributed by atoms with Crippen LogP contribution >= 0.6 is 24.0 Å². The highest BCUT2D eigenvalue weighted by molar-refractivity contribution is 8.26. The third kappa shape index (κ3) is 4.42. The topological polar surface area (TPSA) is 83.9 Å². The molecule has 1 saturated heterocycles. The van der Waals surface area contributed by atoms with Crippen LogP contribution in [0.3, 0.4) is 0 Å². The van der Waals surface area contributed by atoms with Gasteiger partial charge in [0.15, 0.2) is 0 Å². The number of benzene rings is 1. The van der Waals surface area contributed by atoms with Crippen LogP contribution in [0.15, 0.2) is 29.2 Å². The highest BCUT2D eigenvalue weighted by atomic mass is 32.2. The zero-order valence-corrected chi connectivity index (χ0v) is 14.5. The lowest BCUT2D eigenvalue weighted by atomic mass is 10.1. The normalized spacial score (nSPS) is 15.9. The van der Waals surface area contributed by atoms with Crippen LogP contribution in [0.1, 0.15) is 29.3 Å². The van der Waals surface area contributed by atoms with E-state index in [0.717, 1.165) is 11.8 Å². The van der Waals surface area contributed by atoms with Gasteiger partial charge in [0.25, 0.3) is 5.91 Å². The van der Waals surface area contributed by atoms with Gasteiger partial charge in [-0.05, 0) is 30.2 Å². The van der Waals surface area contributed by atoms with Gasteiger partial charge in [0, 0.05) is 0 Å². The minimum absolute atomic E-state index is 0.165. The average Bonchev–Trinajstić information content (AvgIpc) is 2.81. The van der Waals surface area contributed by atoms with Crippen LogP contribution in [-0.2, 0) is 14.3 Å². The molecule has 1 fully saturated rings. The van der Waals surface area contributed by atoms with E-state index in [-0.39, 0.29) is 18.0 Å². The molecule has 0 bridgehead atoms. The molecule has 1 aliphatic heterocycles. The number of thioether (sulfide) groups is 1. The van der Waals surface area contributed by atoms with Crippen LogP contribution in [0.2, 0.25) is 0 Å². The lowest BCUT2D eigenvalue weighted by Crippen LogP contribution is -2.34. The smallest absolute Gasteiger partial charge is 0.335 e. The van der Waals surface area contributed by atoms with Crippen molar-refractivity contribution < 1.29 is 24.2 Å². The van der Waals surface area contributed by atoms with Crippen LogP contribution in [0.25, 0.3) is 6.08 Å². The Morgan fingerprint density at radius 2 is 2.00 bits per heavy atom. The first-order valence-corrected chi connectivity index (χ1v) is 8.39. The number of carbonyl (C=O) groups is 3. The van der Waals surface area contributed by atoms with E-state index in [1.165, 1.54) is 17.0 Å². The van der Waals surface area contributed by atoms with E-state index in [0.29, 0.717) is 27.8 Å². The van der Waals surface area contributed by atoms with Gasteiger partial charge in [0.2, 0.25) is 0 Å². The Balaban J connectivity index is 2.09. The lowest BCUT2D eigenvalue weighted by molar-refractivity contribution is -0.146. The van der Waals surface area contributed by atoms with Gasteiger partial charge in [-0.2, -0.15) is 0 Å². The number of hydrogen-bond donors (Lipinski definition) is 1. The van der Waals surface area contributed by atoms with Crippen molar-refractivity contribution in [3.05, 3.63) is 40.3 Å². The first-order chi connectivity index (χ1) is 11.4. The van der Waals surface area contributed by atoms with E-state index >= 15 is 0 Å². The number of amides is 1. The van der Waals surface area contributed by atoms with E-state index < -0.39 is 11.9 Å². The molecule has 0 aliphatic carbocycles.